The first-order valence-corrected chi connectivity index (χ1v) is 6.89. The van der Waals surface area contributed by atoms with Gasteiger partial charge in [0.1, 0.15) is 12.9 Å². The van der Waals surface area contributed by atoms with E-state index in [9.17, 15) is 9.59 Å². The molecule has 22 heavy (non-hydrogen) atoms. The SMILES string of the molecule is CCC(C)N(CC(=O)O)C(=O)c1ccc(-n2cnnn2)cc1. The number of carbonyl (C=O) groups is 2. The van der Waals surface area contributed by atoms with E-state index in [2.05, 4.69) is 15.5 Å². The lowest BCUT2D eigenvalue weighted by atomic mass is 10.1. The summed E-state index contributed by atoms with van der Waals surface area (Å²) in [5.41, 5.74) is 1.15. The fourth-order valence-corrected chi connectivity index (χ4v) is 2.00. The number of carboxylic acid groups (broad SMARTS) is 1. The molecule has 116 valence electrons. The van der Waals surface area contributed by atoms with Crippen LogP contribution in [-0.2, 0) is 4.79 Å². The minimum absolute atomic E-state index is 0.150. The third-order valence-corrected chi connectivity index (χ3v) is 3.42. The van der Waals surface area contributed by atoms with Gasteiger partial charge in [0.25, 0.3) is 5.91 Å². The van der Waals surface area contributed by atoms with Gasteiger partial charge in [0.2, 0.25) is 0 Å². The molecule has 2 aromatic rings. The number of aromatic nitrogens is 4. The third kappa shape index (κ3) is 3.46. The second-order valence-corrected chi connectivity index (χ2v) is 4.89. The molecule has 1 amide bonds. The van der Waals surface area contributed by atoms with Crippen LogP contribution >= 0.6 is 0 Å². The monoisotopic (exact) mass is 303 g/mol. The fraction of sp³-hybridized carbons (Fsp3) is 0.357. The molecule has 1 aromatic heterocycles. The topological polar surface area (TPSA) is 101 Å². The number of aliphatic carboxylic acids is 1. The Morgan fingerprint density at radius 2 is 2.00 bits per heavy atom. The molecule has 0 radical (unpaired) electrons. The van der Waals surface area contributed by atoms with E-state index < -0.39 is 5.97 Å². The van der Waals surface area contributed by atoms with Crippen molar-refractivity contribution >= 4 is 11.9 Å². The largest absolute Gasteiger partial charge is 0.480 e. The molecule has 0 saturated heterocycles. The zero-order chi connectivity index (χ0) is 16.1. The van der Waals surface area contributed by atoms with E-state index in [0.29, 0.717) is 12.0 Å². The first-order chi connectivity index (χ1) is 10.5. The number of hydrogen-bond acceptors (Lipinski definition) is 5. The summed E-state index contributed by atoms with van der Waals surface area (Å²) in [6, 6.07) is 6.54. The Bertz CT molecular complexity index is 639. The van der Waals surface area contributed by atoms with Crippen molar-refractivity contribution in [3.63, 3.8) is 0 Å². The molecular weight excluding hydrogens is 286 g/mol. The molecule has 0 bridgehead atoms. The number of rotatable bonds is 6. The lowest BCUT2D eigenvalue weighted by Crippen LogP contribution is -2.41. The quantitative estimate of drug-likeness (QED) is 0.854. The predicted molar refractivity (Wildman–Crippen MR) is 77.6 cm³/mol. The second kappa shape index (κ2) is 6.79. The van der Waals surface area contributed by atoms with Crippen LogP contribution in [0.1, 0.15) is 30.6 Å². The van der Waals surface area contributed by atoms with Crippen molar-refractivity contribution in [1.29, 1.82) is 0 Å². The normalized spacial score (nSPS) is 11.9. The van der Waals surface area contributed by atoms with Gasteiger partial charge in [-0.25, -0.2) is 4.68 Å². The Morgan fingerprint density at radius 1 is 1.32 bits per heavy atom. The van der Waals surface area contributed by atoms with Crippen LogP contribution in [0.5, 0.6) is 0 Å². The van der Waals surface area contributed by atoms with Gasteiger partial charge in [0.15, 0.2) is 0 Å². The number of tetrazole rings is 1. The van der Waals surface area contributed by atoms with Gasteiger partial charge in [-0.3, -0.25) is 9.59 Å². The van der Waals surface area contributed by atoms with Crippen LogP contribution in [0.3, 0.4) is 0 Å². The first kappa shape index (κ1) is 15.6. The smallest absolute Gasteiger partial charge is 0.323 e. The molecular formula is C14H17N5O3. The molecule has 0 saturated carbocycles. The number of nitrogens with zero attached hydrogens (tertiary/aromatic N) is 5. The summed E-state index contributed by atoms with van der Waals surface area (Å²) in [6.45, 7) is 3.42. The fourth-order valence-electron chi connectivity index (χ4n) is 2.00. The number of carboxylic acids is 1. The summed E-state index contributed by atoms with van der Waals surface area (Å²) >= 11 is 0. The number of hydrogen-bond donors (Lipinski definition) is 1. The molecule has 0 aliphatic carbocycles. The molecule has 1 atom stereocenters. The predicted octanol–water partition coefficient (Wildman–Crippen LogP) is 0.988. The van der Waals surface area contributed by atoms with Crippen LogP contribution < -0.4 is 0 Å². The maximum Gasteiger partial charge on any atom is 0.323 e. The van der Waals surface area contributed by atoms with Gasteiger partial charge in [-0.2, -0.15) is 0 Å². The average Bonchev–Trinajstić information content (AvgIpc) is 3.05. The zero-order valence-electron chi connectivity index (χ0n) is 12.4. The highest BCUT2D eigenvalue weighted by molar-refractivity contribution is 5.96. The van der Waals surface area contributed by atoms with Gasteiger partial charge in [-0.05, 0) is 48.0 Å². The van der Waals surface area contributed by atoms with Crippen LogP contribution in [0.2, 0.25) is 0 Å². The van der Waals surface area contributed by atoms with E-state index in [1.165, 1.54) is 15.9 Å². The van der Waals surface area contributed by atoms with Crippen molar-refractivity contribution in [1.82, 2.24) is 25.1 Å². The van der Waals surface area contributed by atoms with Crippen molar-refractivity contribution in [3.8, 4) is 5.69 Å². The van der Waals surface area contributed by atoms with E-state index in [0.717, 1.165) is 5.69 Å². The van der Waals surface area contributed by atoms with E-state index in [4.69, 9.17) is 5.11 Å². The van der Waals surface area contributed by atoms with Gasteiger partial charge >= 0.3 is 5.97 Å². The Balaban J connectivity index is 2.21. The highest BCUT2D eigenvalue weighted by atomic mass is 16.4. The minimum Gasteiger partial charge on any atom is -0.480 e. The van der Waals surface area contributed by atoms with E-state index >= 15 is 0 Å². The van der Waals surface area contributed by atoms with E-state index in [1.54, 1.807) is 24.3 Å². The van der Waals surface area contributed by atoms with Crippen molar-refractivity contribution in [2.45, 2.75) is 26.3 Å². The van der Waals surface area contributed by atoms with E-state index in [1.807, 2.05) is 13.8 Å². The molecule has 0 fully saturated rings. The van der Waals surface area contributed by atoms with Crippen LogP contribution in [0.15, 0.2) is 30.6 Å². The maximum atomic E-state index is 12.5. The lowest BCUT2D eigenvalue weighted by Gasteiger charge is -2.27. The van der Waals surface area contributed by atoms with Gasteiger partial charge in [0, 0.05) is 11.6 Å². The molecule has 8 heteroatoms. The van der Waals surface area contributed by atoms with Crippen molar-refractivity contribution in [2.75, 3.05) is 6.54 Å². The van der Waals surface area contributed by atoms with Crippen molar-refractivity contribution in [2.24, 2.45) is 0 Å². The summed E-state index contributed by atoms with van der Waals surface area (Å²) in [5, 5.41) is 19.8. The molecule has 0 aliphatic rings. The highest BCUT2D eigenvalue weighted by Gasteiger charge is 2.22. The Morgan fingerprint density at radius 3 is 2.50 bits per heavy atom. The van der Waals surface area contributed by atoms with Gasteiger partial charge in [0.05, 0.1) is 5.69 Å². The van der Waals surface area contributed by atoms with Gasteiger partial charge in [-0.1, -0.05) is 6.92 Å². The van der Waals surface area contributed by atoms with Crippen LogP contribution in [-0.4, -0.2) is 54.7 Å². The standard InChI is InChI=1S/C14H17N5O3/c1-3-10(2)18(8-13(20)21)14(22)11-4-6-12(7-5-11)19-9-15-16-17-19/h4-7,9-10H,3,8H2,1-2H3,(H,20,21). The minimum atomic E-state index is -1.03. The van der Waals surface area contributed by atoms with Gasteiger partial charge < -0.3 is 10.0 Å². The van der Waals surface area contributed by atoms with Gasteiger partial charge in [-0.15, -0.1) is 5.10 Å². The lowest BCUT2D eigenvalue weighted by molar-refractivity contribution is -0.138. The number of benzene rings is 1. The summed E-state index contributed by atoms with van der Waals surface area (Å²) in [4.78, 5) is 24.8. The van der Waals surface area contributed by atoms with Crippen molar-refractivity contribution < 1.29 is 14.7 Å². The van der Waals surface area contributed by atoms with Crippen LogP contribution in [0.25, 0.3) is 5.69 Å². The molecule has 0 spiro atoms. The second-order valence-electron chi connectivity index (χ2n) is 4.89. The maximum absolute atomic E-state index is 12.5. The molecule has 1 unspecified atom stereocenters. The Kier molecular flexibility index (Phi) is 4.82. The third-order valence-electron chi connectivity index (χ3n) is 3.42. The highest BCUT2D eigenvalue weighted by Crippen LogP contribution is 2.13. The molecule has 1 heterocycles. The van der Waals surface area contributed by atoms with Crippen LogP contribution in [0, 0.1) is 0 Å². The number of amides is 1. The average molecular weight is 303 g/mol. The molecule has 1 aromatic carbocycles. The molecule has 1 N–H and O–H groups in total. The Hall–Kier alpha value is -2.77. The summed E-state index contributed by atoms with van der Waals surface area (Å²) in [7, 11) is 0. The summed E-state index contributed by atoms with van der Waals surface area (Å²) in [6.07, 6.45) is 2.13. The van der Waals surface area contributed by atoms with Crippen molar-refractivity contribution in [3.05, 3.63) is 36.2 Å². The zero-order valence-corrected chi connectivity index (χ0v) is 12.4. The Labute approximate surface area is 127 Å². The van der Waals surface area contributed by atoms with E-state index in [-0.39, 0.29) is 18.5 Å². The number of carbonyl (C=O) groups excluding carboxylic acids is 1. The molecule has 8 nitrogen and oxygen atoms in total. The summed E-state index contributed by atoms with van der Waals surface area (Å²) in [5.74, 6) is -1.33. The first-order valence-electron chi connectivity index (χ1n) is 6.89. The summed E-state index contributed by atoms with van der Waals surface area (Å²) < 4.78 is 1.47. The molecule has 0 aliphatic heterocycles. The molecule has 2 rings (SSSR count). The van der Waals surface area contributed by atoms with Crippen LogP contribution in [0.4, 0.5) is 0 Å².